The number of ether oxygens (including phenoxy) is 1. The van der Waals surface area contributed by atoms with Crippen molar-refractivity contribution in [2.24, 2.45) is 0 Å². The maximum atomic E-state index is 5.94. The van der Waals surface area contributed by atoms with Gasteiger partial charge in [-0.2, -0.15) is 0 Å². The fourth-order valence-electron chi connectivity index (χ4n) is 1.64. The molecule has 1 aromatic carbocycles. The number of rotatable bonds is 3. The van der Waals surface area contributed by atoms with Crippen molar-refractivity contribution >= 4 is 23.8 Å². The Labute approximate surface area is 112 Å². The molecule has 0 saturated heterocycles. The predicted molar refractivity (Wildman–Crippen MR) is 75.9 cm³/mol. The van der Waals surface area contributed by atoms with Crippen LogP contribution in [0.5, 0.6) is 5.75 Å². The summed E-state index contributed by atoms with van der Waals surface area (Å²) in [6, 6.07) is 11.5. The van der Waals surface area contributed by atoms with Crippen LogP contribution in [0.15, 0.2) is 36.4 Å². The molecular formula is C15H14ClNO. The first-order valence-electron chi connectivity index (χ1n) is 5.64. The summed E-state index contributed by atoms with van der Waals surface area (Å²) in [5.41, 5.74) is 2.81. The minimum atomic E-state index is 0.723. The molecule has 0 amide bonds. The van der Waals surface area contributed by atoms with Crippen molar-refractivity contribution in [2.45, 2.75) is 6.92 Å². The van der Waals surface area contributed by atoms with Crippen LogP contribution in [0.1, 0.15) is 17.0 Å². The molecule has 0 spiro atoms. The lowest BCUT2D eigenvalue weighted by molar-refractivity contribution is 0.411. The molecular weight excluding hydrogens is 246 g/mol. The van der Waals surface area contributed by atoms with Crippen molar-refractivity contribution in [1.29, 1.82) is 0 Å². The lowest BCUT2D eigenvalue weighted by atomic mass is 10.2. The van der Waals surface area contributed by atoms with Crippen molar-refractivity contribution in [3.63, 3.8) is 0 Å². The van der Waals surface area contributed by atoms with Crippen molar-refractivity contribution in [2.75, 3.05) is 7.11 Å². The molecule has 2 rings (SSSR count). The third-order valence-corrected chi connectivity index (χ3v) is 2.76. The highest BCUT2D eigenvalue weighted by atomic mass is 35.5. The topological polar surface area (TPSA) is 22.1 Å². The number of hydrogen-bond acceptors (Lipinski definition) is 2. The molecule has 0 aliphatic heterocycles. The number of methoxy groups -OCH3 is 1. The zero-order valence-electron chi connectivity index (χ0n) is 10.4. The van der Waals surface area contributed by atoms with E-state index in [-0.39, 0.29) is 0 Å². The van der Waals surface area contributed by atoms with E-state index in [1.54, 1.807) is 7.11 Å². The second-order valence-electron chi connectivity index (χ2n) is 3.93. The van der Waals surface area contributed by atoms with Gasteiger partial charge in [-0.1, -0.05) is 29.8 Å². The molecule has 0 aliphatic carbocycles. The molecule has 0 atom stereocenters. The summed E-state index contributed by atoms with van der Waals surface area (Å²) in [4.78, 5) is 4.44. The van der Waals surface area contributed by atoms with E-state index in [1.165, 1.54) is 0 Å². The van der Waals surface area contributed by atoms with E-state index in [0.29, 0.717) is 0 Å². The van der Waals surface area contributed by atoms with Gasteiger partial charge < -0.3 is 4.74 Å². The first-order chi connectivity index (χ1) is 8.69. The SMILES string of the molecule is COc1ccc(C)nc1/C=C/c1cccc(Cl)c1. The van der Waals surface area contributed by atoms with E-state index in [4.69, 9.17) is 16.3 Å². The normalized spacial score (nSPS) is 10.8. The van der Waals surface area contributed by atoms with Crippen LogP contribution in [0.25, 0.3) is 12.2 Å². The van der Waals surface area contributed by atoms with Gasteiger partial charge in [0.15, 0.2) is 0 Å². The van der Waals surface area contributed by atoms with Gasteiger partial charge in [-0.05, 0) is 42.8 Å². The van der Waals surface area contributed by atoms with Gasteiger partial charge in [0.2, 0.25) is 0 Å². The number of aromatic nitrogens is 1. The quantitative estimate of drug-likeness (QED) is 0.823. The Balaban J connectivity index is 2.31. The Kier molecular flexibility index (Phi) is 4.00. The van der Waals surface area contributed by atoms with Crippen LogP contribution in [-0.4, -0.2) is 12.1 Å². The summed E-state index contributed by atoms with van der Waals surface area (Å²) < 4.78 is 5.27. The van der Waals surface area contributed by atoms with Crippen molar-refractivity contribution < 1.29 is 4.74 Å². The van der Waals surface area contributed by atoms with Gasteiger partial charge in [-0.15, -0.1) is 0 Å². The van der Waals surface area contributed by atoms with Gasteiger partial charge in [0.05, 0.1) is 7.11 Å². The lowest BCUT2D eigenvalue weighted by Crippen LogP contribution is -1.92. The van der Waals surface area contributed by atoms with Gasteiger partial charge in [-0.3, -0.25) is 0 Å². The van der Waals surface area contributed by atoms with E-state index in [9.17, 15) is 0 Å². The van der Waals surface area contributed by atoms with Crippen LogP contribution in [0, 0.1) is 6.92 Å². The van der Waals surface area contributed by atoms with E-state index < -0.39 is 0 Å². The first-order valence-corrected chi connectivity index (χ1v) is 6.02. The van der Waals surface area contributed by atoms with Gasteiger partial charge in [0.25, 0.3) is 0 Å². The molecule has 2 nitrogen and oxygen atoms in total. The number of aryl methyl sites for hydroxylation is 1. The average molecular weight is 260 g/mol. The maximum Gasteiger partial charge on any atom is 0.144 e. The van der Waals surface area contributed by atoms with Gasteiger partial charge >= 0.3 is 0 Å². The van der Waals surface area contributed by atoms with Crippen molar-refractivity contribution in [3.05, 3.63) is 58.4 Å². The fraction of sp³-hybridized carbons (Fsp3) is 0.133. The Bertz CT molecular complexity index is 578. The summed E-state index contributed by atoms with van der Waals surface area (Å²) in [7, 11) is 1.64. The molecule has 0 saturated carbocycles. The molecule has 18 heavy (non-hydrogen) atoms. The smallest absolute Gasteiger partial charge is 0.144 e. The average Bonchev–Trinajstić information content (AvgIpc) is 2.37. The Hall–Kier alpha value is -1.80. The maximum absolute atomic E-state index is 5.94. The summed E-state index contributed by atoms with van der Waals surface area (Å²) in [6.07, 6.45) is 3.90. The fourth-order valence-corrected chi connectivity index (χ4v) is 1.84. The molecule has 0 N–H and O–H groups in total. The van der Waals surface area contributed by atoms with Gasteiger partial charge in [0, 0.05) is 10.7 Å². The van der Waals surface area contributed by atoms with Crippen LogP contribution < -0.4 is 4.74 Å². The highest BCUT2D eigenvalue weighted by Gasteiger charge is 2.00. The largest absolute Gasteiger partial charge is 0.494 e. The minimum Gasteiger partial charge on any atom is -0.494 e. The third-order valence-electron chi connectivity index (χ3n) is 2.53. The summed E-state index contributed by atoms with van der Waals surface area (Å²) in [5.74, 6) is 0.763. The molecule has 1 heterocycles. The molecule has 0 aliphatic rings. The Morgan fingerprint density at radius 1 is 1.17 bits per heavy atom. The highest BCUT2D eigenvalue weighted by Crippen LogP contribution is 2.20. The zero-order chi connectivity index (χ0) is 13.0. The number of pyridine rings is 1. The third kappa shape index (κ3) is 3.11. The predicted octanol–water partition coefficient (Wildman–Crippen LogP) is 4.22. The molecule has 0 fully saturated rings. The standard InChI is InChI=1S/C15H14ClNO/c1-11-6-9-15(18-2)14(17-11)8-7-12-4-3-5-13(16)10-12/h3-10H,1-2H3/b8-7+. The van der Waals surface area contributed by atoms with Crippen molar-refractivity contribution in [3.8, 4) is 5.75 Å². The Morgan fingerprint density at radius 3 is 2.72 bits per heavy atom. The summed E-state index contributed by atoms with van der Waals surface area (Å²) in [5, 5.41) is 0.723. The number of halogens is 1. The molecule has 3 heteroatoms. The van der Waals surface area contributed by atoms with Crippen molar-refractivity contribution in [1.82, 2.24) is 4.98 Å². The molecule has 1 aromatic heterocycles. The second-order valence-corrected chi connectivity index (χ2v) is 4.36. The highest BCUT2D eigenvalue weighted by molar-refractivity contribution is 6.30. The monoisotopic (exact) mass is 259 g/mol. The second kappa shape index (κ2) is 5.69. The van der Waals surface area contributed by atoms with E-state index >= 15 is 0 Å². The molecule has 92 valence electrons. The van der Waals surface area contributed by atoms with Crippen LogP contribution in [0.4, 0.5) is 0 Å². The summed E-state index contributed by atoms with van der Waals surface area (Å²) >= 11 is 5.94. The number of benzene rings is 1. The first kappa shape index (κ1) is 12.7. The lowest BCUT2D eigenvalue weighted by Gasteiger charge is -2.04. The van der Waals surface area contributed by atoms with Crippen LogP contribution in [0.3, 0.4) is 0 Å². The minimum absolute atomic E-state index is 0.723. The Morgan fingerprint density at radius 2 is 2.00 bits per heavy atom. The van der Waals surface area contributed by atoms with E-state index in [2.05, 4.69) is 4.98 Å². The van der Waals surface area contributed by atoms with Gasteiger partial charge in [0.1, 0.15) is 11.4 Å². The summed E-state index contributed by atoms with van der Waals surface area (Å²) in [6.45, 7) is 1.95. The van der Waals surface area contributed by atoms with Crippen LogP contribution >= 0.6 is 11.6 Å². The zero-order valence-corrected chi connectivity index (χ0v) is 11.1. The molecule has 0 radical (unpaired) electrons. The van der Waals surface area contributed by atoms with Crippen LogP contribution in [0.2, 0.25) is 5.02 Å². The van der Waals surface area contributed by atoms with Gasteiger partial charge in [-0.25, -0.2) is 4.98 Å². The van der Waals surface area contributed by atoms with E-state index in [0.717, 1.165) is 27.7 Å². The number of hydrogen-bond donors (Lipinski definition) is 0. The molecule has 0 bridgehead atoms. The van der Waals surface area contributed by atoms with E-state index in [1.807, 2.05) is 55.5 Å². The number of nitrogens with zero attached hydrogens (tertiary/aromatic N) is 1. The molecule has 0 unspecified atom stereocenters. The van der Waals surface area contributed by atoms with Crippen LogP contribution in [-0.2, 0) is 0 Å². The molecule has 2 aromatic rings.